The first-order valence-electron chi connectivity index (χ1n) is 9.76. The molecule has 0 aromatic heterocycles. The Morgan fingerprint density at radius 3 is 1.77 bits per heavy atom. The van der Waals surface area contributed by atoms with E-state index in [-0.39, 0.29) is 25.9 Å². The summed E-state index contributed by atoms with van der Waals surface area (Å²) in [4.78, 5) is 48.1. The molecule has 2 atom stereocenters. The number of nitrogens with one attached hydrogen (secondary N) is 3. The summed E-state index contributed by atoms with van der Waals surface area (Å²) in [5.41, 5.74) is 6.73. The van der Waals surface area contributed by atoms with Crippen LogP contribution in [-0.2, 0) is 32.0 Å². The van der Waals surface area contributed by atoms with Crippen molar-refractivity contribution in [3.05, 3.63) is 71.8 Å². The van der Waals surface area contributed by atoms with Gasteiger partial charge in [-0.05, 0) is 11.1 Å². The van der Waals surface area contributed by atoms with Gasteiger partial charge >= 0.3 is 5.97 Å². The minimum Gasteiger partial charge on any atom is -0.480 e. The Hall–Kier alpha value is -3.72. The summed E-state index contributed by atoms with van der Waals surface area (Å²) in [5, 5.41) is 16.9. The number of hydrogen-bond acceptors (Lipinski definition) is 5. The third kappa shape index (κ3) is 8.27. The summed E-state index contributed by atoms with van der Waals surface area (Å²) < 4.78 is 0. The molecule has 0 spiro atoms. The number of rotatable bonds is 11. The first kappa shape index (κ1) is 23.6. The molecule has 0 saturated heterocycles. The highest BCUT2D eigenvalue weighted by atomic mass is 16.4. The summed E-state index contributed by atoms with van der Waals surface area (Å²) in [6.45, 7) is -0.609. The third-order valence-electron chi connectivity index (χ3n) is 4.46. The van der Waals surface area contributed by atoms with E-state index in [1.54, 1.807) is 48.5 Å². The number of nitrogens with two attached hydrogens (primary N) is 1. The normalized spacial score (nSPS) is 12.3. The molecular formula is C22H26N4O5. The molecule has 0 aliphatic heterocycles. The number of carbonyl (C=O) groups excluding carboxylic acids is 3. The summed E-state index contributed by atoms with van der Waals surface area (Å²) in [6.07, 6.45) is 0.251. The lowest BCUT2D eigenvalue weighted by Gasteiger charge is -2.22. The number of carboxylic acids is 1. The van der Waals surface area contributed by atoms with Gasteiger partial charge in [0.25, 0.3) is 0 Å². The van der Waals surface area contributed by atoms with Crippen LogP contribution < -0.4 is 21.7 Å². The van der Waals surface area contributed by atoms with Crippen molar-refractivity contribution in [3.63, 3.8) is 0 Å². The van der Waals surface area contributed by atoms with E-state index >= 15 is 0 Å². The van der Waals surface area contributed by atoms with E-state index in [2.05, 4.69) is 16.0 Å². The van der Waals surface area contributed by atoms with E-state index in [4.69, 9.17) is 5.73 Å². The maximum absolute atomic E-state index is 12.9. The summed E-state index contributed by atoms with van der Waals surface area (Å²) >= 11 is 0. The quantitative estimate of drug-likeness (QED) is 0.330. The molecule has 0 radical (unpaired) electrons. The van der Waals surface area contributed by atoms with Crippen LogP contribution in [0.15, 0.2) is 60.7 Å². The van der Waals surface area contributed by atoms with Gasteiger partial charge in [-0.1, -0.05) is 60.7 Å². The second kappa shape index (κ2) is 12.1. The van der Waals surface area contributed by atoms with E-state index in [0.29, 0.717) is 0 Å². The fourth-order valence-corrected chi connectivity index (χ4v) is 2.88. The van der Waals surface area contributed by atoms with Gasteiger partial charge in [-0.25, -0.2) is 4.79 Å². The van der Waals surface area contributed by atoms with Gasteiger partial charge < -0.3 is 26.8 Å². The Balaban J connectivity index is 2.10. The minimum atomic E-state index is -1.18. The molecule has 2 unspecified atom stereocenters. The Labute approximate surface area is 180 Å². The maximum Gasteiger partial charge on any atom is 0.326 e. The number of carbonyl (C=O) groups is 4. The van der Waals surface area contributed by atoms with Crippen molar-refractivity contribution in [1.29, 1.82) is 0 Å². The molecule has 31 heavy (non-hydrogen) atoms. The molecule has 2 aromatic rings. The van der Waals surface area contributed by atoms with Crippen molar-refractivity contribution in [1.82, 2.24) is 16.0 Å². The molecule has 0 aliphatic rings. The SMILES string of the molecule is NCC(=O)NCC(=O)NC(Cc1ccccc1)C(=O)NC(Cc1ccccc1)C(=O)O. The third-order valence-corrected chi connectivity index (χ3v) is 4.46. The van der Waals surface area contributed by atoms with Crippen LogP contribution in [0.2, 0.25) is 0 Å². The smallest absolute Gasteiger partial charge is 0.326 e. The number of benzene rings is 2. The zero-order chi connectivity index (χ0) is 22.6. The van der Waals surface area contributed by atoms with Crippen LogP contribution in [0, 0.1) is 0 Å². The summed E-state index contributed by atoms with van der Waals surface area (Å²) in [7, 11) is 0. The molecule has 9 heteroatoms. The first-order valence-corrected chi connectivity index (χ1v) is 9.76. The second-order valence-electron chi connectivity index (χ2n) is 6.88. The summed E-state index contributed by atoms with van der Waals surface area (Å²) in [5.74, 6) is -2.91. The highest BCUT2D eigenvalue weighted by Crippen LogP contribution is 2.07. The standard InChI is InChI=1S/C22H26N4O5/c23-13-19(27)24-14-20(28)25-17(11-15-7-3-1-4-8-15)21(29)26-18(22(30)31)12-16-9-5-2-6-10-16/h1-10,17-18H,11-14,23H2,(H,24,27)(H,25,28)(H,26,29)(H,30,31). The van der Waals surface area contributed by atoms with Gasteiger partial charge in [-0.2, -0.15) is 0 Å². The van der Waals surface area contributed by atoms with E-state index in [1.807, 2.05) is 12.1 Å². The Bertz CT molecular complexity index is 889. The number of amides is 3. The van der Waals surface area contributed by atoms with Crippen LogP contribution in [-0.4, -0.2) is 54.0 Å². The zero-order valence-corrected chi connectivity index (χ0v) is 16.9. The Kier molecular flexibility index (Phi) is 9.18. The van der Waals surface area contributed by atoms with E-state index in [0.717, 1.165) is 11.1 Å². The van der Waals surface area contributed by atoms with E-state index in [1.165, 1.54) is 0 Å². The topological polar surface area (TPSA) is 151 Å². The van der Waals surface area contributed by atoms with Crippen LogP contribution in [0.3, 0.4) is 0 Å². The van der Waals surface area contributed by atoms with Crippen molar-refractivity contribution < 1.29 is 24.3 Å². The number of aliphatic carboxylic acids is 1. The largest absolute Gasteiger partial charge is 0.480 e. The lowest BCUT2D eigenvalue weighted by atomic mass is 10.0. The molecule has 6 N–H and O–H groups in total. The predicted molar refractivity (Wildman–Crippen MR) is 114 cm³/mol. The fourth-order valence-electron chi connectivity index (χ4n) is 2.88. The minimum absolute atomic E-state index is 0.0977. The molecule has 164 valence electrons. The van der Waals surface area contributed by atoms with Gasteiger partial charge in [0.15, 0.2) is 0 Å². The maximum atomic E-state index is 12.9. The first-order chi connectivity index (χ1) is 14.9. The van der Waals surface area contributed by atoms with Crippen molar-refractivity contribution in [2.75, 3.05) is 13.1 Å². The average Bonchev–Trinajstić information content (AvgIpc) is 2.77. The lowest BCUT2D eigenvalue weighted by Crippen LogP contribution is -2.54. The van der Waals surface area contributed by atoms with Gasteiger partial charge in [0.1, 0.15) is 12.1 Å². The molecule has 0 heterocycles. The van der Waals surface area contributed by atoms with Gasteiger partial charge in [0, 0.05) is 12.8 Å². The molecule has 2 aromatic carbocycles. The van der Waals surface area contributed by atoms with Crippen LogP contribution in [0.5, 0.6) is 0 Å². The molecule has 3 amide bonds. The summed E-state index contributed by atoms with van der Waals surface area (Å²) in [6, 6.07) is 15.7. The van der Waals surface area contributed by atoms with Gasteiger partial charge in [-0.15, -0.1) is 0 Å². The Morgan fingerprint density at radius 2 is 1.29 bits per heavy atom. The van der Waals surface area contributed by atoms with Gasteiger partial charge in [0.2, 0.25) is 17.7 Å². The highest BCUT2D eigenvalue weighted by molar-refractivity contribution is 5.92. The fraction of sp³-hybridized carbons (Fsp3) is 0.273. The lowest BCUT2D eigenvalue weighted by molar-refractivity contribution is -0.142. The molecule has 0 bridgehead atoms. The molecule has 9 nitrogen and oxygen atoms in total. The van der Waals surface area contributed by atoms with Crippen molar-refractivity contribution >= 4 is 23.7 Å². The van der Waals surface area contributed by atoms with Crippen LogP contribution in [0.1, 0.15) is 11.1 Å². The van der Waals surface area contributed by atoms with Gasteiger partial charge in [0.05, 0.1) is 13.1 Å². The van der Waals surface area contributed by atoms with E-state index < -0.39 is 35.8 Å². The number of carboxylic acid groups (broad SMARTS) is 1. The molecular weight excluding hydrogens is 400 g/mol. The van der Waals surface area contributed by atoms with Crippen molar-refractivity contribution in [2.24, 2.45) is 5.73 Å². The zero-order valence-electron chi connectivity index (χ0n) is 16.9. The van der Waals surface area contributed by atoms with Crippen LogP contribution in [0.25, 0.3) is 0 Å². The molecule has 0 aliphatic carbocycles. The second-order valence-corrected chi connectivity index (χ2v) is 6.88. The number of hydrogen-bond donors (Lipinski definition) is 5. The Morgan fingerprint density at radius 1 is 0.774 bits per heavy atom. The average molecular weight is 426 g/mol. The van der Waals surface area contributed by atoms with Crippen LogP contribution >= 0.6 is 0 Å². The highest BCUT2D eigenvalue weighted by Gasteiger charge is 2.27. The van der Waals surface area contributed by atoms with E-state index in [9.17, 15) is 24.3 Å². The van der Waals surface area contributed by atoms with Gasteiger partial charge in [-0.3, -0.25) is 14.4 Å². The van der Waals surface area contributed by atoms with Crippen molar-refractivity contribution in [3.8, 4) is 0 Å². The predicted octanol–water partition coefficient (Wildman–Crippen LogP) is -0.399. The monoisotopic (exact) mass is 426 g/mol. The van der Waals surface area contributed by atoms with Crippen molar-refractivity contribution in [2.45, 2.75) is 24.9 Å². The van der Waals surface area contributed by atoms with Crippen LogP contribution in [0.4, 0.5) is 0 Å². The molecule has 0 saturated carbocycles. The molecule has 0 fully saturated rings. The molecule has 2 rings (SSSR count).